The van der Waals surface area contributed by atoms with Crippen molar-refractivity contribution in [1.82, 2.24) is 10.0 Å². The van der Waals surface area contributed by atoms with E-state index in [1.54, 1.807) is 0 Å². The minimum atomic E-state index is -3.24. The minimum Gasteiger partial charge on any atom is -0.313 e. The lowest BCUT2D eigenvalue weighted by Crippen LogP contribution is -2.29. The summed E-state index contributed by atoms with van der Waals surface area (Å²) in [5, 5.41) is 3.33. The van der Waals surface area contributed by atoms with Crippen LogP contribution in [0.2, 0.25) is 0 Å². The Hall–Kier alpha value is -0.910. The van der Waals surface area contributed by atoms with Gasteiger partial charge < -0.3 is 5.32 Å². The largest absolute Gasteiger partial charge is 0.313 e. The molecule has 0 spiro atoms. The van der Waals surface area contributed by atoms with Crippen molar-refractivity contribution >= 4 is 10.0 Å². The van der Waals surface area contributed by atoms with Gasteiger partial charge in [-0.15, -0.1) is 0 Å². The second-order valence-corrected chi connectivity index (χ2v) is 7.42. The minimum absolute atomic E-state index is 0.0477. The lowest BCUT2D eigenvalue weighted by Gasteiger charge is -2.11. The van der Waals surface area contributed by atoms with Crippen LogP contribution in [0, 0.1) is 5.92 Å². The Morgan fingerprint density at radius 3 is 2.29 bits per heavy atom. The first-order valence-electron chi connectivity index (χ1n) is 7.72. The van der Waals surface area contributed by atoms with Crippen molar-refractivity contribution in [1.29, 1.82) is 0 Å². The van der Waals surface area contributed by atoms with Gasteiger partial charge in [-0.1, -0.05) is 51.5 Å². The zero-order chi connectivity index (χ0) is 15.7. The number of rotatable bonds is 10. The summed E-state index contributed by atoms with van der Waals surface area (Å²) in [6.07, 6.45) is 2.08. The maximum Gasteiger partial charge on any atom is 0.215 e. The molecule has 0 aromatic heterocycles. The molecule has 1 aromatic rings. The van der Waals surface area contributed by atoms with Crippen LogP contribution in [0.15, 0.2) is 24.3 Å². The van der Waals surface area contributed by atoms with Crippen LogP contribution in [0.1, 0.15) is 44.7 Å². The lowest BCUT2D eigenvalue weighted by atomic mass is 10.1. The average Bonchev–Trinajstić information content (AvgIpc) is 2.46. The molecule has 1 rings (SSSR count). The van der Waals surface area contributed by atoms with Crippen LogP contribution in [0.3, 0.4) is 0 Å². The third-order valence-electron chi connectivity index (χ3n) is 3.48. The van der Waals surface area contributed by atoms with Gasteiger partial charge in [-0.05, 0) is 30.0 Å². The molecule has 0 bridgehead atoms. The Balaban J connectivity index is 2.50. The molecule has 0 amide bonds. The molecular formula is C16H28N2O2S. The van der Waals surface area contributed by atoms with Crippen molar-refractivity contribution in [2.24, 2.45) is 5.92 Å². The SMILES string of the molecule is CCCNCc1ccc(CS(=O)(=O)NCC(C)CC)cc1. The standard InChI is InChI=1S/C16H28N2O2S/c1-4-10-17-12-15-6-8-16(9-7-15)13-21(19,20)18-11-14(3)5-2/h6-9,14,17-18H,4-5,10-13H2,1-3H3. The average molecular weight is 312 g/mol. The van der Waals surface area contributed by atoms with E-state index >= 15 is 0 Å². The fourth-order valence-electron chi connectivity index (χ4n) is 1.85. The summed E-state index contributed by atoms with van der Waals surface area (Å²) in [6.45, 7) is 8.57. The molecule has 0 fully saturated rings. The highest BCUT2D eigenvalue weighted by Gasteiger charge is 2.12. The molecular weight excluding hydrogens is 284 g/mol. The van der Waals surface area contributed by atoms with E-state index in [9.17, 15) is 8.42 Å². The number of sulfonamides is 1. The Bertz CT molecular complexity index is 498. The maximum atomic E-state index is 12.0. The Labute approximate surface area is 129 Å². The highest BCUT2D eigenvalue weighted by atomic mass is 32.2. The van der Waals surface area contributed by atoms with Crippen molar-refractivity contribution in [3.8, 4) is 0 Å². The summed E-state index contributed by atoms with van der Waals surface area (Å²) >= 11 is 0. The molecule has 1 unspecified atom stereocenters. The molecule has 0 radical (unpaired) electrons. The Morgan fingerprint density at radius 1 is 1.10 bits per heavy atom. The monoisotopic (exact) mass is 312 g/mol. The zero-order valence-corrected chi connectivity index (χ0v) is 14.2. The van der Waals surface area contributed by atoms with Crippen LogP contribution >= 0.6 is 0 Å². The molecule has 5 heteroatoms. The smallest absolute Gasteiger partial charge is 0.215 e. The van der Waals surface area contributed by atoms with E-state index in [0.29, 0.717) is 12.5 Å². The van der Waals surface area contributed by atoms with Gasteiger partial charge in [0.2, 0.25) is 10.0 Å². The molecule has 2 N–H and O–H groups in total. The summed E-state index contributed by atoms with van der Waals surface area (Å²) < 4.78 is 26.7. The van der Waals surface area contributed by atoms with E-state index in [1.165, 1.54) is 5.56 Å². The molecule has 1 atom stereocenters. The second kappa shape index (κ2) is 9.18. The zero-order valence-electron chi connectivity index (χ0n) is 13.4. The van der Waals surface area contributed by atoms with Crippen LogP contribution in [0.25, 0.3) is 0 Å². The number of benzene rings is 1. The topological polar surface area (TPSA) is 58.2 Å². The van der Waals surface area contributed by atoms with Crippen molar-refractivity contribution in [3.05, 3.63) is 35.4 Å². The van der Waals surface area contributed by atoms with Crippen LogP contribution in [0.5, 0.6) is 0 Å². The van der Waals surface area contributed by atoms with E-state index < -0.39 is 10.0 Å². The first-order valence-corrected chi connectivity index (χ1v) is 9.38. The van der Waals surface area contributed by atoms with Gasteiger partial charge >= 0.3 is 0 Å². The first kappa shape index (κ1) is 18.1. The van der Waals surface area contributed by atoms with Crippen LogP contribution < -0.4 is 10.0 Å². The van der Waals surface area contributed by atoms with Gasteiger partial charge in [0.1, 0.15) is 0 Å². The predicted octanol–water partition coefficient (Wildman–Crippen LogP) is 2.65. The molecule has 120 valence electrons. The van der Waals surface area contributed by atoms with Gasteiger partial charge in [0.05, 0.1) is 5.75 Å². The molecule has 0 saturated heterocycles. The van der Waals surface area contributed by atoms with Crippen molar-refractivity contribution in [2.45, 2.75) is 45.9 Å². The Morgan fingerprint density at radius 2 is 1.71 bits per heavy atom. The summed E-state index contributed by atoms with van der Waals surface area (Å²) in [5.74, 6) is 0.415. The number of hydrogen-bond donors (Lipinski definition) is 2. The Kier molecular flexibility index (Phi) is 7.93. The summed E-state index contributed by atoms with van der Waals surface area (Å²) in [7, 11) is -3.24. The van der Waals surface area contributed by atoms with Crippen LogP contribution in [-0.4, -0.2) is 21.5 Å². The van der Waals surface area contributed by atoms with Crippen LogP contribution in [-0.2, 0) is 22.3 Å². The fraction of sp³-hybridized carbons (Fsp3) is 0.625. The van der Waals surface area contributed by atoms with Gasteiger partial charge in [-0.3, -0.25) is 0 Å². The normalized spacial score (nSPS) is 13.3. The van der Waals surface area contributed by atoms with Crippen LogP contribution in [0.4, 0.5) is 0 Å². The molecule has 0 aliphatic rings. The van der Waals surface area contributed by atoms with Gasteiger partial charge in [-0.2, -0.15) is 0 Å². The summed E-state index contributed by atoms with van der Waals surface area (Å²) in [5.41, 5.74) is 2.00. The number of nitrogens with one attached hydrogen (secondary N) is 2. The molecule has 21 heavy (non-hydrogen) atoms. The molecule has 4 nitrogen and oxygen atoms in total. The molecule has 0 saturated carbocycles. The van der Waals surface area contributed by atoms with Gasteiger partial charge in [0.15, 0.2) is 0 Å². The molecule has 1 aromatic carbocycles. The first-order chi connectivity index (χ1) is 9.96. The van der Waals surface area contributed by atoms with E-state index in [0.717, 1.165) is 31.5 Å². The summed E-state index contributed by atoms with van der Waals surface area (Å²) in [4.78, 5) is 0. The molecule has 0 aliphatic heterocycles. The second-order valence-electron chi connectivity index (χ2n) is 5.61. The molecule has 0 heterocycles. The quantitative estimate of drug-likeness (QED) is 0.653. The van der Waals surface area contributed by atoms with Crippen molar-refractivity contribution < 1.29 is 8.42 Å². The van der Waals surface area contributed by atoms with Gasteiger partial charge in [0.25, 0.3) is 0 Å². The summed E-state index contributed by atoms with van der Waals surface area (Å²) in [6, 6.07) is 7.77. The highest BCUT2D eigenvalue weighted by Crippen LogP contribution is 2.08. The lowest BCUT2D eigenvalue weighted by molar-refractivity contribution is 0.528. The van der Waals surface area contributed by atoms with Gasteiger partial charge in [-0.25, -0.2) is 13.1 Å². The van der Waals surface area contributed by atoms with Gasteiger partial charge in [0, 0.05) is 13.1 Å². The highest BCUT2D eigenvalue weighted by molar-refractivity contribution is 7.88. The van der Waals surface area contributed by atoms with Crippen molar-refractivity contribution in [2.75, 3.05) is 13.1 Å². The maximum absolute atomic E-state index is 12.0. The van der Waals surface area contributed by atoms with E-state index in [1.807, 2.05) is 31.2 Å². The van der Waals surface area contributed by atoms with E-state index in [-0.39, 0.29) is 5.75 Å². The predicted molar refractivity (Wildman–Crippen MR) is 88.5 cm³/mol. The third-order valence-corrected chi connectivity index (χ3v) is 4.80. The number of hydrogen-bond acceptors (Lipinski definition) is 3. The van der Waals surface area contributed by atoms with E-state index in [2.05, 4.69) is 23.9 Å². The molecule has 0 aliphatic carbocycles. The fourth-order valence-corrected chi connectivity index (χ4v) is 3.12. The van der Waals surface area contributed by atoms with E-state index in [4.69, 9.17) is 0 Å². The van der Waals surface area contributed by atoms with Crippen molar-refractivity contribution in [3.63, 3.8) is 0 Å². The third kappa shape index (κ3) is 7.60.